The van der Waals surface area contributed by atoms with Gasteiger partial charge in [-0.05, 0) is 54.8 Å². The van der Waals surface area contributed by atoms with Crippen LogP contribution in [0.25, 0.3) is 0 Å². The van der Waals surface area contributed by atoms with E-state index in [0.717, 1.165) is 25.7 Å². The average Bonchev–Trinajstić information content (AvgIpc) is 2.46. The highest BCUT2D eigenvalue weighted by molar-refractivity contribution is 4.92. The molecule has 2 rings (SSSR count). The highest BCUT2D eigenvalue weighted by Crippen LogP contribution is 2.53. The zero-order chi connectivity index (χ0) is 17.3. The normalized spacial score (nSPS) is 33.9. The topological polar surface area (TPSA) is 0 Å². The summed E-state index contributed by atoms with van der Waals surface area (Å²) in [5, 5.41) is 0. The molecule has 4 unspecified atom stereocenters. The van der Waals surface area contributed by atoms with Crippen LogP contribution >= 0.6 is 0 Å². The van der Waals surface area contributed by atoms with E-state index < -0.39 is 12.1 Å². The first-order valence-electron chi connectivity index (χ1n) is 9.69. The van der Waals surface area contributed by atoms with Crippen molar-refractivity contribution in [3.05, 3.63) is 0 Å². The largest absolute Gasteiger partial charge is 0.392 e. The third-order valence-corrected chi connectivity index (χ3v) is 6.80. The van der Waals surface area contributed by atoms with Crippen LogP contribution in [-0.4, -0.2) is 6.18 Å². The van der Waals surface area contributed by atoms with Gasteiger partial charge in [0.05, 0.1) is 5.92 Å². The summed E-state index contributed by atoms with van der Waals surface area (Å²) in [7, 11) is 0. The molecule has 0 spiro atoms. The first-order valence-corrected chi connectivity index (χ1v) is 9.69. The Balaban J connectivity index is 2.12. The van der Waals surface area contributed by atoms with Crippen molar-refractivity contribution in [1.82, 2.24) is 0 Å². The summed E-state index contributed by atoms with van der Waals surface area (Å²) in [6.07, 6.45) is 4.83. The maximum absolute atomic E-state index is 13.5. The Kier molecular flexibility index (Phi) is 6.11. The Hall–Kier alpha value is -0.210. The zero-order valence-electron chi connectivity index (χ0n) is 15.4. The van der Waals surface area contributed by atoms with Crippen LogP contribution in [0.5, 0.6) is 0 Å². The molecule has 2 aliphatic rings. The number of halogens is 3. The molecule has 0 aromatic carbocycles. The molecule has 136 valence electrons. The van der Waals surface area contributed by atoms with Gasteiger partial charge in [0, 0.05) is 0 Å². The number of alkyl halides is 3. The summed E-state index contributed by atoms with van der Waals surface area (Å²) in [6.45, 7) is 8.81. The molecule has 0 aromatic heterocycles. The van der Waals surface area contributed by atoms with E-state index in [-0.39, 0.29) is 11.3 Å². The van der Waals surface area contributed by atoms with Crippen LogP contribution in [0.3, 0.4) is 0 Å². The van der Waals surface area contributed by atoms with Gasteiger partial charge in [0.15, 0.2) is 0 Å². The van der Waals surface area contributed by atoms with Gasteiger partial charge in [-0.3, -0.25) is 0 Å². The monoisotopic (exact) mass is 332 g/mol. The fraction of sp³-hybridized carbons (Fsp3) is 1.00. The Bertz CT molecular complexity index is 370. The number of hydrogen-bond acceptors (Lipinski definition) is 0. The van der Waals surface area contributed by atoms with Gasteiger partial charge in [0.1, 0.15) is 0 Å². The smallest absolute Gasteiger partial charge is 0.171 e. The van der Waals surface area contributed by atoms with Crippen LogP contribution in [0.15, 0.2) is 0 Å². The first kappa shape index (κ1) is 19.1. The Labute approximate surface area is 140 Å². The minimum atomic E-state index is -4.02. The third-order valence-electron chi connectivity index (χ3n) is 6.80. The molecule has 0 radical (unpaired) electrons. The predicted molar refractivity (Wildman–Crippen MR) is 90.2 cm³/mol. The summed E-state index contributed by atoms with van der Waals surface area (Å²) >= 11 is 0. The number of rotatable bonds is 4. The molecule has 2 aliphatic carbocycles. The third kappa shape index (κ3) is 4.66. The lowest BCUT2D eigenvalue weighted by Crippen LogP contribution is -2.42. The van der Waals surface area contributed by atoms with Gasteiger partial charge in [-0.25, -0.2) is 0 Å². The second-order valence-corrected chi connectivity index (χ2v) is 9.18. The second kappa shape index (κ2) is 7.35. The van der Waals surface area contributed by atoms with Crippen molar-refractivity contribution in [3.63, 3.8) is 0 Å². The fourth-order valence-corrected chi connectivity index (χ4v) is 5.65. The highest BCUT2D eigenvalue weighted by atomic mass is 19.4. The van der Waals surface area contributed by atoms with Gasteiger partial charge in [-0.1, -0.05) is 59.8 Å². The van der Waals surface area contributed by atoms with Gasteiger partial charge in [-0.15, -0.1) is 0 Å². The second-order valence-electron chi connectivity index (χ2n) is 9.18. The molecular formula is C20H35F3. The lowest BCUT2D eigenvalue weighted by atomic mass is 9.59. The van der Waals surface area contributed by atoms with Crippen molar-refractivity contribution in [2.45, 2.75) is 91.7 Å². The average molecular weight is 332 g/mol. The van der Waals surface area contributed by atoms with Crippen molar-refractivity contribution in [3.8, 4) is 0 Å². The Morgan fingerprint density at radius 2 is 1.35 bits per heavy atom. The van der Waals surface area contributed by atoms with E-state index in [9.17, 15) is 13.2 Å². The molecule has 4 atom stereocenters. The molecule has 0 saturated heterocycles. The summed E-state index contributed by atoms with van der Waals surface area (Å²) in [4.78, 5) is 0. The molecule has 0 N–H and O–H groups in total. The predicted octanol–water partition coefficient (Wildman–Crippen LogP) is 7.23. The summed E-state index contributed by atoms with van der Waals surface area (Å²) in [5.74, 6) is 0.713. The molecule has 2 saturated carbocycles. The quantitative estimate of drug-likeness (QED) is 0.509. The molecule has 0 bridgehead atoms. The molecule has 0 aromatic rings. The lowest BCUT2D eigenvalue weighted by Gasteiger charge is -2.47. The SMILES string of the molecule is CC(C)C1CCCCC1CC(C)(C)C1CCCCC1C(F)(F)F. The standard InChI is InChI=1S/C20H35F3/c1-14(2)16-10-6-5-9-15(16)13-19(3,4)17-11-7-8-12-18(17)20(21,22)23/h14-18H,5-13H2,1-4H3. The van der Waals surface area contributed by atoms with Gasteiger partial charge in [-0.2, -0.15) is 13.2 Å². The van der Waals surface area contributed by atoms with Crippen LogP contribution in [0.4, 0.5) is 13.2 Å². The molecule has 0 amide bonds. The maximum atomic E-state index is 13.5. The first-order chi connectivity index (χ1) is 10.6. The molecule has 0 aliphatic heterocycles. The van der Waals surface area contributed by atoms with Crippen LogP contribution in [0.1, 0.15) is 85.5 Å². The van der Waals surface area contributed by atoms with Crippen LogP contribution in [0, 0.1) is 35.0 Å². The number of hydrogen-bond donors (Lipinski definition) is 0. The van der Waals surface area contributed by atoms with Crippen LogP contribution in [0.2, 0.25) is 0 Å². The summed E-state index contributed by atoms with van der Waals surface area (Å²) in [5.41, 5.74) is -0.199. The van der Waals surface area contributed by atoms with Crippen LogP contribution in [-0.2, 0) is 0 Å². The summed E-state index contributed by atoms with van der Waals surface area (Å²) in [6, 6.07) is 0. The van der Waals surface area contributed by atoms with Crippen molar-refractivity contribution >= 4 is 0 Å². The minimum absolute atomic E-state index is 0.189. The minimum Gasteiger partial charge on any atom is -0.171 e. The molecule has 3 heteroatoms. The van der Waals surface area contributed by atoms with E-state index in [0.29, 0.717) is 24.2 Å². The van der Waals surface area contributed by atoms with Crippen LogP contribution < -0.4 is 0 Å². The maximum Gasteiger partial charge on any atom is 0.392 e. The fourth-order valence-electron chi connectivity index (χ4n) is 5.65. The lowest BCUT2D eigenvalue weighted by molar-refractivity contribution is -0.209. The van der Waals surface area contributed by atoms with Crippen molar-refractivity contribution in [2.75, 3.05) is 0 Å². The molecule has 23 heavy (non-hydrogen) atoms. The van der Waals surface area contributed by atoms with E-state index >= 15 is 0 Å². The summed E-state index contributed by atoms with van der Waals surface area (Å²) < 4.78 is 40.5. The van der Waals surface area contributed by atoms with E-state index in [1.165, 1.54) is 25.7 Å². The molecular weight excluding hydrogens is 297 g/mol. The zero-order valence-corrected chi connectivity index (χ0v) is 15.4. The van der Waals surface area contributed by atoms with Crippen molar-refractivity contribution < 1.29 is 13.2 Å². The van der Waals surface area contributed by atoms with E-state index in [1.807, 2.05) is 0 Å². The molecule has 2 fully saturated rings. The Morgan fingerprint density at radius 1 is 0.826 bits per heavy atom. The van der Waals surface area contributed by atoms with E-state index in [2.05, 4.69) is 27.7 Å². The van der Waals surface area contributed by atoms with E-state index in [4.69, 9.17) is 0 Å². The van der Waals surface area contributed by atoms with Crippen molar-refractivity contribution in [2.24, 2.45) is 35.0 Å². The highest BCUT2D eigenvalue weighted by Gasteiger charge is 2.50. The van der Waals surface area contributed by atoms with Gasteiger partial charge >= 0.3 is 6.18 Å². The van der Waals surface area contributed by atoms with E-state index in [1.54, 1.807) is 0 Å². The van der Waals surface area contributed by atoms with Gasteiger partial charge in [0.25, 0.3) is 0 Å². The molecule has 0 heterocycles. The van der Waals surface area contributed by atoms with Gasteiger partial charge in [0.2, 0.25) is 0 Å². The van der Waals surface area contributed by atoms with Crippen molar-refractivity contribution in [1.29, 1.82) is 0 Å². The molecule has 0 nitrogen and oxygen atoms in total. The Morgan fingerprint density at radius 3 is 1.91 bits per heavy atom. The van der Waals surface area contributed by atoms with Gasteiger partial charge < -0.3 is 0 Å².